The number of carboxylic acid groups (broad SMARTS) is 1. The highest BCUT2D eigenvalue weighted by atomic mass is 19.4. The van der Waals surface area contributed by atoms with E-state index < -0.39 is 12.1 Å². The molecule has 0 saturated carbocycles. The molecule has 174 valence electrons. The van der Waals surface area contributed by atoms with Gasteiger partial charge in [-0.3, -0.25) is 9.80 Å². The largest absolute Gasteiger partial charge is 0.490 e. The number of alkyl halides is 3. The minimum atomic E-state index is -5.08. The van der Waals surface area contributed by atoms with Gasteiger partial charge in [0.1, 0.15) is 0 Å². The predicted octanol–water partition coefficient (Wildman–Crippen LogP) is 1.97. The van der Waals surface area contributed by atoms with E-state index in [4.69, 9.17) is 28.8 Å². The second-order valence-corrected chi connectivity index (χ2v) is 7.60. The number of carbonyl (C=O) groups is 1. The van der Waals surface area contributed by atoms with Gasteiger partial charge < -0.3 is 24.1 Å². The molecular formula is C20H27F3N2O6. The maximum absolute atomic E-state index is 10.6. The highest BCUT2D eigenvalue weighted by molar-refractivity contribution is 5.73. The summed E-state index contributed by atoms with van der Waals surface area (Å²) in [4.78, 5) is 14.0. The third kappa shape index (κ3) is 6.70. The van der Waals surface area contributed by atoms with Gasteiger partial charge in [-0.05, 0) is 24.1 Å². The molecule has 1 aromatic carbocycles. The molecule has 31 heavy (non-hydrogen) atoms. The molecule has 2 atom stereocenters. The number of ether oxygens (including phenoxy) is 4. The number of hydrogen-bond donors (Lipinski definition) is 1. The molecule has 0 unspecified atom stereocenters. The van der Waals surface area contributed by atoms with Gasteiger partial charge >= 0.3 is 12.1 Å². The van der Waals surface area contributed by atoms with Crippen molar-refractivity contribution in [2.45, 2.75) is 31.3 Å². The molecule has 2 saturated heterocycles. The second-order valence-electron chi connectivity index (χ2n) is 7.60. The first-order valence-electron chi connectivity index (χ1n) is 10.0. The van der Waals surface area contributed by atoms with E-state index in [0.717, 1.165) is 50.6 Å². The molecule has 11 heteroatoms. The molecule has 0 aromatic heterocycles. The number of piperazine rings is 1. The van der Waals surface area contributed by atoms with Crippen LogP contribution in [0.1, 0.15) is 12.0 Å². The van der Waals surface area contributed by atoms with E-state index in [9.17, 15) is 13.2 Å². The molecule has 3 aliphatic rings. The smallest absolute Gasteiger partial charge is 0.475 e. The molecule has 1 aromatic rings. The van der Waals surface area contributed by atoms with Crippen LogP contribution < -0.4 is 9.47 Å². The van der Waals surface area contributed by atoms with Crippen molar-refractivity contribution in [1.29, 1.82) is 0 Å². The molecule has 0 radical (unpaired) electrons. The summed E-state index contributed by atoms with van der Waals surface area (Å²) in [6, 6.07) is 6.88. The number of benzene rings is 1. The molecule has 3 heterocycles. The molecule has 0 bridgehead atoms. The van der Waals surface area contributed by atoms with Crippen LogP contribution in [0.2, 0.25) is 0 Å². The number of methoxy groups -OCH3 is 1. The maximum Gasteiger partial charge on any atom is 0.490 e. The highest BCUT2D eigenvalue weighted by Gasteiger charge is 2.38. The van der Waals surface area contributed by atoms with Gasteiger partial charge in [0.2, 0.25) is 6.79 Å². The Morgan fingerprint density at radius 2 is 1.94 bits per heavy atom. The van der Waals surface area contributed by atoms with Crippen LogP contribution in [0.5, 0.6) is 11.5 Å². The van der Waals surface area contributed by atoms with Crippen LogP contribution in [0.3, 0.4) is 0 Å². The molecule has 0 spiro atoms. The molecule has 1 N–H and O–H groups in total. The molecule has 2 fully saturated rings. The average Bonchev–Trinajstić information content (AvgIpc) is 3.33. The zero-order chi connectivity index (χ0) is 22.4. The third-order valence-electron chi connectivity index (χ3n) is 5.39. The van der Waals surface area contributed by atoms with Gasteiger partial charge in [0.05, 0.1) is 19.3 Å². The van der Waals surface area contributed by atoms with Crippen molar-refractivity contribution in [3.63, 3.8) is 0 Å². The van der Waals surface area contributed by atoms with Crippen LogP contribution >= 0.6 is 0 Å². The van der Waals surface area contributed by atoms with Crippen LogP contribution in [-0.2, 0) is 20.8 Å². The SMILES string of the molecule is COCCO[C@@H]1C[C@H]2CN(Cc3ccc4c(c3)OCO4)CCN2C1.O=C(O)C(F)(F)F. The molecule has 3 aliphatic heterocycles. The van der Waals surface area contributed by atoms with Gasteiger partial charge in [0.25, 0.3) is 0 Å². The standard InChI is InChI=1S/C18H26N2O4.C2HF3O2/c1-21-6-7-22-16-9-15-11-19(4-5-20(15)12-16)10-14-2-3-17-18(8-14)24-13-23-17;3-2(4,5)1(6)7/h2-3,8,15-16H,4-7,9-13H2,1H3;(H,6,7)/t15-,16+;/m0./s1. The highest BCUT2D eigenvalue weighted by Crippen LogP contribution is 2.33. The number of nitrogens with zero attached hydrogens (tertiary/aromatic N) is 2. The van der Waals surface area contributed by atoms with E-state index in [1.807, 2.05) is 6.07 Å². The normalized spacial score (nSPS) is 23.2. The summed E-state index contributed by atoms with van der Waals surface area (Å²) in [6.07, 6.45) is -3.60. The number of halogens is 3. The number of rotatable bonds is 6. The summed E-state index contributed by atoms with van der Waals surface area (Å²) >= 11 is 0. The van der Waals surface area contributed by atoms with Crippen molar-refractivity contribution in [2.75, 3.05) is 53.3 Å². The average molecular weight is 448 g/mol. The Hall–Kier alpha value is -2.08. The van der Waals surface area contributed by atoms with Crippen molar-refractivity contribution >= 4 is 5.97 Å². The summed E-state index contributed by atoms with van der Waals surface area (Å²) in [5.41, 5.74) is 1.29. The summed E-state index contributed by atoms with van der Waals surface area (Å²) in [5.74, 6) is -1.03. The van der Waals surface area contributed by atoms with Gasteiger partial charge in [-0.15, -0.1) is 0 Å². The van der Waals surface area contributed by atoms with Gasteiger partial charge in [0.15, 0.2) is 11.5 Å². The zero-order valence-corrected chi connectivity index (χ0v) is 17.3. The van der Waals surface area contributed by atoms with Crippen molar-refractivity contribution in [3.05, 3.63) is 23.8 Å². The van der Waals surface area contributed by atoms with Gasteiger partial charge in [-0.2, -0.15) is 13.2 Å². The first-order chi connectivity index (χ1) is 14.8. The Morgan fingerprint density at radius 3 is 2.65 bits per heavy atom. The fourth-order valence-electron chi connectivity index (χ4n) is 3.92. The topological polar surface area (TPSA) is 80.7 Å². The van der Waals surface area contributed by atoms with Crippen LogP contribution in [0, 0.1) is 0 Å². The summed E-state index contributed by atoms with van der Waals surface area (Å²) in [5, 5.41) is 7.12. The van der Waals surface area contributed by atoms with Crippen LogP contribution in [0.25, 0.3) is 0 Å². The third-order valence-corrected chi connectivity index (χ3v) is 5.39. The number of hydrogen-bond acceptors (Lipinski definition) is 7. The molecular weight excluding hydrogens is 421 g/mol. The quantitative estimate of drug-likeness (QED) is 0.662. The Kier molecular flexibility index (Phi) is 7.98. The van der Waals surface area contributed by atoms with Crippen LogP contribution in [0.4, 0.5) is 13.2 Å². The predicted molar refractivity (Wildman–Crippen MR) is 103 cm³/mol. The number of fused-ring (bicyclic) bond motifs is 2. The first-order valence-corrected chi connectivity index (χ1v) is 10.0. The van der Waals surface area contributed by atoms with E-state index >= 15 is 0 Å². The summed E-state index contributed by atoms with van der Waals surface area (Å²) in [6.45, 7) is 7.08. The van der Waals surface area contributed by atoms with Crippen molar-refractivity contribution in [2.24, 2.45) is 0 Å². The fourth-order valence-corrected chi connectivity index (χ4v) is 3.92. The Labute approximate surface area is 178 Å². The molecule has 4 rings (SSSR count). The minimum absolute atomic E-state index is 0.337. The zero-order valence-electron chi connectivity index (χ0n) is 17.3. The molecule has 8 nitrogen and oxygen atoms in total. The molecule has 0 amide bonds. The second kappa shape index (κ2) is 10.5. The van der Waals surface area contributed by atoms with Gasteiger partial charge in [-0.1, -0.05) is 6.07 Å². The van der Waals surface area contributed by atoms with E-state index in [1.54, 1.807) is 7.11 Å². The Morgan fingerprint density at radius 1 is 1.19 bits per heavy atom. The lowest BCUT2D eigenvalue weighted by atomic mass is 10.1. The lowest BCUT2D eigenvalue weighted by Crippen LogP contribution is -2.49. The van der Waals surface area contributed by atoms with Gasteiger partial charge in [0, 0.05) is 45.9 Å². The van der Waals surface area contributed by atoms with Gasteiger partial charge in [-0.25, -0.2) is 4.79 Å². The molecule has 0 aliphatic carbocycles. The Bertz CT molecular complexity index is 748. The fraction of sp³-hybridized carbons (Fsp3) is 0.650. The van der Waals surface area contributed by atoms with E-state index in [2.05, 4.69) is 21.9 Å². The Balaban J connectivity index is 0.000000339. The van der Waals surface area contributed by atoms with Crippen LogP contribution in [-0.4, -0.2) is 92.5 Å². The monoisotopic (exact) mass is 448 g/mol. The summed E-state index contributed by atoms with van der Waals surface area (Å²) in [7, 11) is 1.72. The lowest BCUT2D eigenvalue weighted by Gasteiger charge is -2.37. The van der Waals surface area contributed by atoms with Crippen molar-refractivity contribution in [1.82, 2.24) is 9.80 Å². The number of carboxylic acids is 1. The first kappa shape index (κ1) is 23.6. The van der Waals surface area contributed by atoms with E-state index in [1.165, 1.54) is 5.56 Å². The minimum Gasteiger partial charge on any atom is -0.475 e. The van der Waals surface area contributed by atoms with E-state index in [-0.39, 0.29) is 0 Å². The maximum atomic E-state index is 10.6. The van der Waals surface area contributed by atoms with Crippen molar-refractivity contribution in [3.8, 4) is 11.5 Å². The number of aliphatic carboxylic acids is 1. The lowest BCUT2D eigenvalue weighted by molar-refractivity contribution is -0.192. The van der Waals surface area contributed by atoms with Crippen LogP contribution in [0.15, 0.2) is 18.2 Å². The van der Waals surface area contributed by atoms with E-state index in [0.29, 0.717) is 32.2 Å². The van der Waals surface area contributed by atoms with Crippen molar-refractivity contribution < 1.29 is 42.0 Å². The summed E-state index contributed by atoms with van der Waals surface area (Å²) < 4.78 is 53.6.